The minimum atomic E-state index is 0.723. The fourth-order valence-corrected chi connectivity index (χ4v) is 1.70. The van der Waals surface area contributed by atoms with E-state index in [0.717, 1.165) is 25.7 Å². The molecule has 0 spiro atoms. The van der Waals surface area contributed by atoms with E-state index in [-0.39, 0.29) is 0 Å². The van der Waals surface area contributed by atoms with E-state index >= 15 is 0 Å². The monoisotopic (exact) mass is 160 g/mol. The summed E-state index contributed by atoms with van der Waals surface area (Å²) in [5.41, 5.74) is 0. The van der Waals surface area contributed by atoms with Crippen molar-refractivity contribution in [2.75, 3.05) is 31.6 Å². The van der Waals surface area contributed by atoms with Gasteiger partial charge in [-0.15, -0.1) is 0 Å². The second-order valence-corrected chi connectivity index (χ2v) is 3.62. The molecular formula is C7H16N2S. The highest BCUT2D eigenvalue weighted by Gasteiger charge is 2.09. The molecule has 0 aliphatic carbocycles. The zero-order chi connectivity index (χ0) is 7.23. The number of rotatable bonds is 3. The van der Waals surface area contributed by atoms with Crippen molar-refractivity contribution in [3.8, 4) is 0 Å². The third-order valence-corrected chi connectivity index (χ3v) is 2.44. The van der Waals surface area contributed by atoms with Crippen molar-refractivity contribution in [3.05, 3.63) is 0 Å². The molecule has 0 radical (unpaired) electrons. The largest absolute Gasteiger partial charge is 0.314 e. The van der Waals surface area contributed by atoms with Crippen LogP contribution in [-0.4, -0.2) is 37.7 Å². The van der Waals surface area contributed by atoms with Gasteiger partial charge in [0.25, 0.3) is 0 Å². The van der Waals surface area contributed by atoms with Crippen molar-refractivity contribution in [1.82, 2.24) is 10.6 Å². The zero-order valence-corrected chi connectivity index (χ0v) is 7.34. The first kappa shape index (κ1) is 8.37. The molecule has 2 nitrogen and oxygen atoms in total. The molecule has 1 aliphatic rings. The third kappa shape index (κ3) is 2.90. The molecule has 1 atom stereocenters. The van der Waals surface area contributed by atoms with Gasteiger partial charge in [-0.2, -0.15) is 11.8 Å². The maximum atomic E-state index is 3.48. The van der Waals surface area contributed by atoms with E-state index in [2.05, 4.69) is 16.9 Å². The molecule has 0 saturated carbocycles. The van der Waals surface area contributed by atoms with E-state index in [1.54, 1.807) is 0 Å². The molecule has 0 bridgehead atoms. The third-order valence-electron chi connectivity index (χ3n) is 1.80. The second kappa shape index (κ2) is 4.99. The summed E-state index contributed by atoms with van der Waals surface area (Å²) in [5.74, 6) is 1.28. The molecule has 1 fully saturated rings. The van der Waals surface area contributed by atoms with Crippen LogP contribution in [0.2, 0.25) is 0 Å². The topological polar surface area (TPSA) is 24.1 Å². The highest BCUT2D eigenvalue weighted by molar-refractivity contribution is 7.98. The van der Waals surface area contributed by atoms with Crippen LogP contribution < -0.4 is 10.6 Å². The van der Waals surface area contributed by atoms with Crippen molar-refractivity contribution >= 4 is 11.8 Å². The van der Waals surface area contributed by atoms with Crippen LogP contribution in [0.25, 0.3) is 0 Å². The molecule has 0 aromatic heterocycles. The Morgan fingerprint density at radius 2 is 2.40 bits per heavy atom. The lowest BCUT2D eigenvalue weighted by Gasteiger charge is -2.23. The molecule has 0 aromatic rings. The Labute approximate surface area is 67.1 Å². The summed E-state index contributed by atoms with van der Waals surface area (Å²) >= 11 is 1.93. The maximum absolute atomic E-state index is 3.48. The lowest BCUT2D eigenvalue weighted by molar-refractivity contribution is 0.412. The van der Waals surface area contributed by atoms with Gasteiger partial charge in [-0.25, -0.2) is 0 Å². The van der Waals surface area contributed by atoms with Gasteiger partial charge in [0.15, 0.2) is 0 Å². The Morgan fingerprint density at radius 3 is 3.00 bits per heavy atom. The Morgan fingerprint density at radius 1 is 1.50 bits per heavy atom. The van der Waals surface area contributed by atoms with Crippen molar-refractivity contribution in [3.63, 3.8) is 0 Å². The molecule has 2 N–H and O–H groups in total. The second-order valence-electron chi connectivity index (χ2n) is 2.64. The Kier molecular flexibility index (Phi) is 4.18. The summed E-state index contributed by atoms with van der Waals surface area (Å²) < 4.78 is 0. The molecule has 1 rings (SSSR count). The van der Waals surface area contributed by atoms with Gasteiger partial charge in [-0.3, -0.25) is 0 Å². The summed E-state index contributed by atoms with van der Waals surface area (Å²) in [6.45, 7) is 3.43. The van der Waals surface area contributed by atoms with Gasteiger partial charge in [0.2, 0.25) is 0 Å². The smallest absolute Gasteiger partial charge is 0.0200 e. The number of piperazine rings is 1. The summed E-state index contributed by atoms with van der Waals surface area (Å²) in [6, 6.07) is 0.723. The van der Waals surface area contributed by atoms with Crippen molar-refractivity contribution in [2.45, 2.75) is 12.5 Å². The highest BCUT2D eigenvalue weighted by atomic mass is 32.2. The molecule has 1 aliphatic heterocycles. The normalized spacial score (nSPS) is 26.7. The van der Waals surface area contributed by atoms with E-state index in [9.17, 15) is 0 Å². The SMILES string of the molecule is CSCCC1CNCCN1. The molecular weight excluding hydrogens is 144 g/mol. The van der Waals surface area contributed by atoms with E-state index in [4.69, 9.17) is 0 Å². The van der Waals surface area contributed by atoms with Crippen LogP contribution in [0.15, 0.2) is 0 Å². The van der Waals surface area contributed by atoms with Crippen LogP contribution in [0.1, 0.15) is 6.42 Å². The van der Waals surface area contributed by atoms with Gasteiger partial charge >= 0.3 is 0 Å². The molecule has 0 amide bonds. The minimum absolute atomic E-state index is 0.723. The molecule has 3 heteroatoms. The lowest BCUT2D eigenvalue weighted by atomic mass is 10.2. The van der Waals surface area contributed by atoms with Crippen LogP contribution in [0.5, 0.6) is 0 Å². The summed E-state index contributed by atoms with van der Waals surface area (Å²) in [5, 5.41) is 6.85. The summed E-state index contributed by atoms with van der Waals surface area (Å²) in [7, 11) is 0. The summed E-state index contributed by atoms with van der Waals surface area (Å²) in [6.07, 6.45) is 3.46. The van der Waals surface area contributed by atoms with Gasteiger partial charge in [-0.1, -0.05) is 0 Å². The molecule has 10 heavy (non-hydrogen) atoms. The Bertz CT molecular complexity index is 81.7. The van der Waals surface area contributed by atoms with Gasteiger partial charge < -0.3 is 10.6 Å². The van der Waals surface area contributed by atoms with Crippen LogP contribution in [0.3, 0.4) is 0 Å². The minimum Gasteiger partial charge on any atom is -0.314 e. The van der Waals surface area contributed by atoms with E-state index in [1.165, 1.54) is 12.2 Å². The van der Waals surface area contributed by atoms with E-state index < -0.39 is 0 Å². The Balaban J connectivity index is 2.02. The number of nitrogens with one attached hydrogen (secondary N) is 2. The quantitative estimate of drug-likeness (QED) is 0.621. The van der Waals surface area contributed by atoms with Crippen LogP contribution >= 0.6 is 11.8 Å². The van der Waals surface area contributed by atoms with Crippen LogP contribution in [0.4, 0.5) is 0 Å². The maximum Gasteiger partial charge on any atom is 0.0200 e. The molecule has 0 aromatic carbocycles. The van der Waals surface area contributed by atoms with Gasteiger partial charge in [-0.05, 0) is 18.4 Å². The fourth-order valence-electron chi connectivity index (χ4n) is 1.18. The predicted octanol–water partition coefficient (Wildman–Crippen LogP) is 0.301. The van der Waals surface area contributed by atoms with E-state index in [1.807, 2.05) is 11.8 Å². The predicted molar refractivity (Wildman–Crippen MR) is 47.7 cm³/mol. The standard InChI is InChI=1S/C7H16N2S/c1-10-5-2-7-6-8-3-4-9-7/h7-9H,2-6H2,1H3. The molecule has 60 valence electrons. The van der Waals surface area contributed by atoms with Crippen molar-refractivity contribution in [1.29, 1.82) is 0 Å². The van der Waals surface area contributed by atoms with Crippen molar-refractivity contribution < 1.29 is 0 Å². The molecule has 1 unspecified atom stereocenters. The Hall–Kier alpha value is 0.270. The lowest BCUT2D eigenvalue weighted by Crippen LogP contribution is -2.48. The average molecular weight is 160 g/mol. The number of hydrogen-bond donors (Lipinski definition) is 2. The van der Waals surface area contributed by atoms with Gasteiger partial charge in [0.1, 0.15) is 0 Å². The van der Waals surface area contributed by atoms with Gasteiger partial charge in [0.05, 0.1) is 0 Å². The molecule has 1 heterocycles. The average Bonchev–Trinajstić information content (AvgIpc) is 2.03. The van der Waals surface area contributed by atoms with Crippen molar-refractivity contribution in [2.24, 2.45) is 0 Å². The van der Waals surface area contributed by atoms with Gasteiger partial charge in [0, 0.05) is 25.7 Å². The highest BCUT2D eigenvalue weighted by Crippen LogP contribution is 2.00. The number of thioether (sulfide) groups is 1. The first-order chi connectivity index (χ1) is 4.93. The first-order valence-corrected chi connectivity index (χ1v) is 5.26. The van der Waals surface area contributed by atoms with E-state index in [0.29, 0.717) is 0 Å². The fraction of sp³-hybridized carbons (Fsp3) is 1.00. The summed E-state index contributed by atoms with van der Waals surface area (Å²) in [4.78, 5) is 0. The van der Waals surface area contributed by atoms with Crippen LogP contribution in [-0.2, 0) is 0 Å². The number of hydrogen-bond acceptors (Lipinski definition) is 3. The van der Waals surface area contributed by atoms with Crippen LogP contribution in [0, 0.1) is 0 Å². The first-order valence-electron chi connectivity index (χ1n) is 3.86. The molecule has 1 saturated heterocycles. The zero-order valence-electron chi connectivity index (χ0n) is 6.52.